The van der Waals surface area contributed by atoms with E-state index < -0.39 is 0 Å². The average molecular weight is 373 g/mol. The van der Waals surface area contributed by atoms with Crippen molar-refractivity contribution in [1.29, 1.82) is 0 Å². The molecule has 0 N–H and O–H groups in total. The van der Waals surface area contributed by atoms with E-state index >= 15 is 0 Å². The maximum Gasteiger partial charge on any atom is 0.255 e. The van der Waals surface area contributed by atoms with E-state index in [0.717, 1.165) is 19.2 Å². The van der Waals surface area contributed by atoms with Gasteiger partial charge in [0.25, 0.3) is 5.91 Å². The van der Waals surface area contributed by atoms with Gasteiger partial charge in [-0.1, -0.05) is 17.7 Å². The first-order valence-electron chi connectivity index (χ1n) is 6.31. The van der Waals surface area contributed by atoms with Crippen LogP contribution in [0.2, 0.25) is 4.34 Å². The molecule has 20 heavy (non-hydrogen) atoms. The van der Waals surface area contributed by atoms with Crippen molar-refractivity contribution in [2.75, 3.05) is 6.54 Å². The van der Waals surface area contributed by atoms with Gasteiger partial charge >= 0.3 is 0 Å². The van der Waals surface area contributed by atoms with Gasteiger partial charge in [-0.3, -0.25) is 4.79 Å². The second-order valence-electron chi connectivity index (χ2n) is 4.51. The molecule has 0 saturated carbocycles. The molecular weight excluding hydrogens is 358 g/mol. The molecule has 2 aromatic rings. The molecule has 106 valence electrons. The van der Waals surface area contributed by atoms with Crippen LogP contribution in [0.4, 0.5) is 0 Å². The van der Waals surface area contributed by atoms with Crippen molar-refractivity contribution in [2.24, 2.45) is 0 Å². The molecule has 0 saturated heterocycles. The van der Waals surface area contributed by atoms with Gasteiger partial charge in [0.2, 0.25) is 0 Å². The number of carbonyl (C=O) groups is 1. The highest BCUT2D eigenvalue weighted by atomic mass is 79.9. The molecular formula is C15H15BrClNOS. The lowest BCUT2D eigenvalue weighted by molar-refractivity contribution is 0.0753. The predicted octanol–water partition coefficient (Wildman–Crippen LogP) is 5.13. The van der Waals surface area contributed by atoms with Crippen LogP contribution in [-0.2, 0) is 6.54 Å². The summed E-state index contributed by atoms with van der Waals surface area (Å²) < 4.78 is 1.59. The van der Waals surface area contributed by atoms with Crippen molar-refractivity contribution in [3.8, 4) is 0 Å². The van der Waals surface area contributed by atoms with E-state index in [4.69, 9.17) is 11.6 Å². The van der Waals surface area contributed by atoms with E-state index in [0.29, 0.717) is 18.7 Å². The smallest absolute Gasteiger partial charge is 0.255 e. The number of thiophene rings is 1. The van der Waals surface area contributed by atoms with Crippen LogP contribution in [0.3, 0.4) is 0 Å². The van der Waals surface area contributed by atoms with Crippen LogP contribution in [0, 0.1) is 6.92 Å². The minimum Gasteiger partial charge on any atom is -0.334 e. The molecule has 1 aromatic heterocycles. The molecule has 5 heteroatoms. The van der Waals surface area contributed by atoms with Gasteiger partial charge in [0.05, 0.1) is 16.4 Å². The molecule has 1 heterocycles. The first-order chi connectivity index (χ1) is 9.51. The molecule has 0 aliphatic carbocycles. The van der Waals surface area contributed by atoms with Gasteiger partial charge in [0, 0.05) is 15.9 Å². The third kappa shape index (κ3) is 3.62. The Balaban J connectivity index is 2.20. The van der Waals surface area contributed by atoms with E-state index in [1.165, 1.54) is 11.3 Å². The molecule has 0 aliphatic rings. The predicted molar refractivity (Wildman–Crippen MR) is 88.6 cm³/mol. The van der Waals surface area contributed by atoms with Gasteiger partial charge < -0.3 is 4.90 Å². The van der Waals surface area contributed by atoms with Gasteiger partial charge in [-0.05, 0) is 59.6 Å². The van der Waals surface area contributed by atoms with Crippen LogP contribution < -0.4 is 0 Å². The Morgan fingerprint density at radius 2 is 2.10 bits per heavy atom. The molecule has 0 spiro atoms. The monoisotopic (exact) mass is 371 g/mol. The fourth-order valence-electron chi connectivity index (χ4n) is 1.92. The van der Waals surface area contributed by atoms with E-state index in [1.807, 2.05) is 49.1 Å². The van der Waals surface area contributed by atoms with Gasteiger partial charge in [-0.15, -0.1) is 11.3 Å². The van der Waals surface area contributed by atoms with Crippen molar-refractivity contribution in [2.45, 2.75) is 20.4 Å². The quantitative estimate of drug-likeness (QED) is 0.728. The molecule has 2 rings (SSSR count). The van der Waals surface area contributed by atoms with E-state index in [2.05, 4.69) is 15.9 Å². The third-order valence-corrected chi connectivity index (χ3v) is 4.87. The summed E-state index contributed by atoms with van der Waals surface area (Å²) >= 11 is 10.9. The fourth-order valence-corrected chi connectivity index (χ4v) is 3.68. The molecule has 0 aliphatic heterocycles. The van der Waals surface area contributed by atoms with Crippen molar-refractivity contribution in [1.82, 2.24) is 4.90 Å². The van der Waals surface area contributed by atoms with E-state index in [1.54, 1.807) is 0 Å². The van der Waals surface area contributed by atoms with Crippen LogP contribution in [0.15, 0.2) is 34.8 Å². The number of benzene rings is 1. The summed E-state index contributed by atoms with van der Waals surface area (Å²) in [5.41, 5.74) is 1.82. The Labute approximate surface area is 136 Å². The Morgan fingerprint density at radius 1 is 1.35 bits per heavy atom. The number of nitrogens with zero attached hydrogens (tertiary/aromatic N) is 1. The summed E-state index contributed by atoms with van der Waals surface area (Å²) in [5, 5.41) is 0. The van der Waals surface area contributed by atoms with Crippen LogP contribution >= 0.6 is 38.9 Å². The number of amides is 1. The SMILES string of the molecule is CCN(Cc1ccc(Cl)s1)C(=O)c1ccc(C)cc1Br. The number of carbonyl (C=O) groups excluding carboxylic acids is 1. The first-order valence-corrected chi connectivity index (χ1v) is 8.29. The van der Waals surface area contributed by atoms with Crippen molar-refractivity contribution < 1.29 is 4.79 Å². The molecule has 0 atom stereocenters. The van der Waals surface area contributed by atoms with Crippen molar-refractivity contribution in [3.05, 3.63) is 55.1 Å². The van der Waals surface area contributed by atoms with Crippen LogP contribution in [0.25, 0.3) is 0 Å². The Bertz CT molecular complexity index is 626. The third-order valence-electron chi connectivity index (χ3n) is 3.00. The topological polar surface area (TPSA) is 20.3 Å². The second-order valence-corrected chi connectivity index (χ2v) is 7.16. The molecule has 1 amide bonds. The van der Waals surface area contributed by atoms with E-state index in [9.17, 15) is 4.79 Å². The zero-order valence-electron chi connectivity index (χ0n) is 11.3. The highest BCUT2D eigenvalue weighted by Crippen LogP contribution is 2.25. The minimum absolute atomic E-state index is 0.0314. The van der Waals surface area contributed by atoms with Crippen molar-refractivity contribution >= 4 is 44.8 Å². The molecule has 0 bridgehead atoms. The first kappa shape index (κ1) is 15.5. The van der Waals surface area contributed by atoms with Gasteiger partial charge in [0.15, 0.2) is 0 Å². The zero-order valence-corrected chi connectivity index (χ0v) is 14.5. The summed E-state index contributed by atoms with van der Waals surface area (Å²) in [4.78, 5) is 15.5. The van der Waals surface area contributed by atoms with Crippen molar-refractivity contribution in [3.63, 3.8) is 0 Å². The van der Waals surface area contributed by atoms with Gasteiger partial charge in [-0.25, -0.2) is 0 Å². The lowest BCUT2D eigenvalue weighted by atomic mass is 10.1. The van der Waals surface area contributed by atoms with Crippen LogP contribution in [-0.4, -0.2) is 17.4 Å². The number of rotatable bonds is 4. The lowest BCUT2D eigenvalue weighted by Gasteiger charge is -2.21. The maximum atomic E-state index is 12.6. The zero-order chi connectivity index (χ0) is 14.7. The number of aryl methyl sites for hydroxylation is 1. The Hall–Kier alpha value is -0.840. The summed E-state index contributed by atoms with van der Waals surface area (Å²) in [5.74, 6) is 0.0314. The summed E-state index contributed by atoms with van der Waals surface area (Å²) in [6.07, 6.45) is 0. The fraction of sp³-hybridized carbons (Fsp3) is 0.267. The Kier molecular flexibility index (Phi) is 5.24. The molecule has 1 aromatic carbocycles. The maximum absolute atomic E-state index is 12.6. The number of hydrogen-bond acceptors (Lipinski definition) is 2. The molecule has 0 radical (unpaired) electrons. The minimum atomic E-state index is 0.0314. The average Bonchev–Trinajstić information content (AvgIpc) is 2.81. The number of halogens is 2. The van der Waals surface area contributed by atoms with Gasteiger partial charge in [-0.2, -0.15) is 0 Å². The van der Waals surface area contributed by atoms with Crippen LogP contribution in [0.5, 0.6) is 0 Å². The second kappa shape index (κ2) is 6.74. The highest BCUT2D eigenvalue weighted by Gasteiger charge is 2.17. The largest absolute Gasteiger partial charge is 0.334 e. The lowest BCUT2D eigenvalue weighted by Crippen LogP contribution is -2.30. The van der Waals surface area contributed by atoms with Gasteiger partial charge in [0.1, 0.15) is 0 Å². The molecule has 0 unspecified atom stereocenters. The Morgan fingerprint density at radius 3 is 2.65 bits per heavy atom. The molecule has 2 nitrogen and oxygen atoms in total. The normalized spacial score (nSPS) is 10.6. The standard InChI is InChI=1S/C15H15BrClNOS/c1-3-18(9-11-5-7-14(17)20-11)15(19)12-6-4-10(2)8-13(12)16/h4-8H,3,9H2,1-2H3. The number of hydrogen-bond donors (Lipinski definition) is 0. The highest BCUT2D eigenvalue weighted by molar-refractivity contribution is 9.10. The summed E-state index contributed by atoms with van der Waals surface area (Å²) in [6.45, 7) is 5.24. The van der Waals surface area contributed by atoms with Crippen LogP contribution in [0.1, 0.15) is 27.7 Å². The molecule has 0 fully saturated rings. The summed E-state index contributed by atoms with van der Waals surface area (Å²) in [7, 11) is 0. The van der Waals surface area contributed by atoms with E-state index in [-0.39, 0.29) is 5.91 Å². The summed E-state index contributed by atoms with van der Waals surface area (Å²) in [6, 6.07) is 9.61.